The highest BCUT2D eigenvalue weighted by Crippen LogP contribution is 2.27. The van der Waals surface area contributed by atoms with E-state index in [1.165, 1.54) is 12.8 Å². The maximum absolute atomic E-state index is 11.6. The summed E-state index contributed by atoms with van der Waals surface area (Å²) in [5.41, 5.74) is 0. The molecule has 0 bridgehead atoms. The summed E-state index contributed by atoms with van der Waals surface area (Å²) in [6, 6.07) is 3.61. The van der Waals surface area contributed by atoms with Gasteiger partial charge in [-0.2, -0.15) is 0 Å². The first-order valence-corrected chi connectivity index (χ1v) is 7.26. The molecule has 18 heavy (non-hydrogen) atoms. The molecule has 1 unspecified atom stereocenters. The lowest BCUT2D eigenvalue weighted by molar-refractivity contribution is 0.111. The van der Waals surface area contributed by atoms with Crippen LogP contribution in [0.15, 0.2) is 12.1 Å². The number of amides is 2. The number of hydrogen-bond donors (Lipinski definition) is 3. The lowest BCUT2D eigenvalue weighted by Crippen LogP contribution is -2.37. The number of carbonyl (C=O) groups excluding carboxylic acids is 1. The summed E-state index contributed by atoms with van der Waals surface area (Å²) >= 11 is 1.54. The third-order valence-corrected chi connectivity index (χ3v) is 4.31. The Balaban J connectivity index is 1.71. The number of aryl methyl sites for hydroxylation is 1. The van der Waals surface area contributed by atoms with Gasteiger partial charge in [0.2, 0.25) is 0 Å². The molecule has 0 radical (unpaired) electrons. The molecule has 4 nitrogen and oxygen atoms in total. The van der Waals surface area contributed by atoms with Crippen LogP contribution in [-0.2, 0) is 0 Å². The fourth-order valence-corrected chi connectivity index (χ4v) is 3.13. The van der Waals surface area contributed by atoms with E-state index >= 15 is 0 Å². The SMILES string of the molecule is Cc1ccc(NC(=O)NCC(O)C2CCCC2)s1. The van der Waals surface area contributed by atoms with Crippen molar-refractivity contribution in [2.45, 2.75) is 38.7 Å². The molecule has 0 spiro atoms. The van der Waals surface area contributed by atoms with E-state index in [1.54, 1.807) is 11.3 Å². The molecule has 0 aliphatic heterocycles. The number of rotatable bonds is 4. The number of thiophene rings is 1. The fraction of sp³-hybridized carbons (Fsp3) is 0.615. The summed E-state index contributed by atoms with van der Waals surface area (Å²) < 4.78 is 0. The minimum atomic E-state index is -0.414. The first kappa shape index (κ1) is 13.4. The zero-order valence-electron chi connectivity index (χ0n) is 10.6. The zero-order chi connectivity index (χ0) is 13.0. The number of hydrogen-bond acceptors (Lipinski definition) is 3. The van der Waals surface area contributed by atoms with Gasteiger partial charge in [0, 0.05) is 11.4 Å². The maximum Gasteiger partial charge on any atom is 0.319 e. The fourth-order valence-electron chi connectivity index (χ4n) is 2.36. The second kappa shape index (κ2) is 6.20. The van der Waals surface area contributed by atoms with E-state index in [0.29, 0.717) is 12.5 Å². The summed E-state index contributed by atoms with van der Waals surface area (Å²) in [5.74, 6) is 0.356. The Morgan fingerprint density at radius 2 is 2.22 bits per heavy atom. The van der Waals surface area contributed by atoms with E-state index < -0.39 is 6.10 Å². The Hall–Kier alpha value is -1.07. The van der Waals surface area contributed by atoms with Crippen LogP contribution in [0, 0.1) is 12.8 Å². The van der Waals surface area contributed by atoms with Crippen LogP contribution in [0.1, 0.15) is 30.6 Å². The number of carbonyl (C=O) groups is 1. The molecule has 2 amide bonds. The highest BCUT2D eigenvalue weighted by Gasteiger charge is 2.23. The van der Waals surface area contributed by atoms with Gasteiger partial charge in [-0.05, 0) is 37.8 Å². The predicted molar refractivity (Wildman–Crippen MR) is 74.0 cm³/mol. The lowest BCUT2D eigenvalue weighted by atomic mass is 10.0. The molecule has 100 valence electrons. The maximum atomic E-state index is 11.6. The standard InChI is InChI=1S/C13H20N2O2S/c1-9-6-7-12(18-9)15-13(17)14-8-11(16)10-4-2-3-5-10/h6-7,10-11,16H,2-5,8H2,1H3,(H2,14,15,17). The molecule has 1 aliphatic rings. The average Bonchev–Trinajstić information content (AvgIpc) is 2.97. The molecule has 1 aromatic heterocycles. The van der Waals surface area contributed by atoms with Crippen molar-refractivity contribution >= 4 is 22.4 Å². The Kier molecular flexibility index (Phi) is 4.60. The van der Waals surface area contributed by atoms with Crippen molar-refractivity contribution in [3.05, 3.63) is 17.0 Å². The largest absolute Gasteiger partial charge is 0.391 e. The van der Waals surface area contributed by atoms with Crippen LogP contribution in [0.3, 0.4) is 0 Å². The van der Waals surface area contributed by atoms with Crippen LogP contribution in [-0.4, -0.2) is 23.8 Å². The highest BCUT2D eigenvalue weighted by molar-refractivity contribution is 7.16. The topological polar surface area (TPSA) is 61.4 Å². The second-order valence-corrected chi connectivity index (χ2v) is 6.15. The Bertz CT molecular complexity index is 399. The van der Waals surface area contributed by atoms with Gasteiger partial charge in [-0.15, -0.1) is 11.3 Å². The molecule has 1 aliphatic carbocycles. The van der Waals surface area contributed by atoms with Crippen molar-refractivity contribution in [2.75, 3.05) is 11.9 Å². The Labute approximate surface area is 111 Å². The number of aliphatic hydroxyl groups excluding tert-OH is 1. The summed E-state index contributed by atoms with van der Waals surface area (Å²) in [4.78, 5) is 12.8. The molecule has 1 atom stereocenters. The first-order valence-electron chi connectivity index (χ1n) is 6.44. The van der Waals surface area contributed by atoms with Crippen molar-refractivity contribution in [3.8, 4) is 0 Å². The molecule has 2 rings (SSSR count). The van der Waals surface area contributed by atoms with Gasteiger partial charge in [0.15, 0.2) is 0 Å². The lowest BCUT2D eigenvalue weighted by Gasteiger charge is -2.18. The van der Waals surface area contributed by atoms with Gasteiger partial charge in [-0.25, -0.2) is 4.79 Å². The molecular weight excluding hydrogens is 248 g/mol. The monoisotopic (exact) mass is 268 g/mol. The van der Waals surface area contributed by atoms with Crippen molar-refractivity contribution in [1.29, 1.82) is 0 Å². The van der Waals surface area contributed by atoms with Gasteiger partial charge in [0.1, 0.15) is 0 Å². The van der Waals surface area contributed by atoms with Crippen LogP contribution in [0.2, 0.25) is 0 Å². The quantitative estimate of drug-likeness (QED) is 0.786. The van der Waals surface area contributed by atoms with Crippen molar-refractivity contribution < 1.29 is 9.90 Å². The molecule has 0 saturated heterocycles. The van der Waals surface area contributed by atoms with E-state index in [9.17, 15) is 9.90 Å². The van der Waals surface area contributed by atoms with Crippen LogP contribution >= 0.6 is 11.3 Å². The normalized spacial score (nSPS) is 17.7. The van der Waals surface area contributed by atoms with Gasteiger partial charge in [-0.3, -0.25) is 5.32 Å². The Morgan fingerprint density at radius 3 is 2.83 bits per heavy atom. The van der Waals surface area contributed by atoms with E-state index in [2.05, 4.69) is 10.6 Å². The van der Waals surface area contributed by atoms with E-state index in [-0.39, 0.29) is 6.03 Å². The van der Waals surface area contributed by atoms with E-state index in [1.807, 2.05) is 19.1 Å². The van der Waals surface area contributed by atoms with E-state index in [0.717, 1.165) is 22.7 Å². The third kappa shape index (κ3) is 3.71. The number of anilines is 1. The molecular formula is C13H20N2O2S. The number of aliphatic hydroxyl groups is 1. The van der Waals surface area contributed by atoms with Crippen molar-refractivity contribution in [2.24, 2.45) is 5.92 Å². The smallest absolute Gasteiger partial charge is 0.319 e. The minimum absolute atomic E-state index is 0.242. The van der Waals surface area contributed by atoms with Gasteiger partial charge < -0.3 is 10.4 Å². The van der Waals surface area contributed by atoms with Gasteiger partial charge >= 0.3 is 6.03 Å². The zero-order valence-corrected chi connectivity index (χ0v) is 11.4. The van der Waals surface area contributed by atoms with Crippen molar-refractivity contribution in [1.82, 2.24) is 5.32 Å². The van der Waals surface area contributed by atoms with Gasteiger partial charge in [0.05, 0.1) is 11.1 Å². The molecule has 1 heterocycles. The Morgan fingerprint density at radius 1 is 1.50 bits per heavy atom. The van der Waals surface area contributed by atoms with Crippen LogP contribution in [0.5, 0.6) is 0 Å². The van der Waals surface area contributed by atoms with Crippen LogP contribution < -0.4 is 10.6 Å². The third-order valence-electron chi connectivity index (χ3n) is 3.39. The molecule has 3 N–H and O–H groups in total. The molecule has 1 aromatic rings. The van der Waals surface area contributed by atoms with Crippen molar-refractivity contribution in [3.63, 3.8) is 0 Å². The van der Waals surface area contributed by atoms with Gasteiger partial charge in [-0.1, -0.05) is 12.8 Å². The number of urea groups is 1. The minimum Gasteiger partial charge on any atom is -0.391 e. The summed E-state index contributed by atoms with van der Waals surface area (Å²) in [5, 5.41) is 16.3. The van der Waals surface area contributed by atoms with Crippen LogP contribution in [0.25, 0.3) is 0 Å². The molecule has 5 heteroatoms. The first-order chi connectivity index (χ1) is 8.65. The number of nitrogens with one attached hydrogen (secondary N) is 2. The molecule has 1 fully saturated rings. The summed E-state index contributed by atoms with van der Waals surface area (Å²) in [7, 11) is 0. The summed E-state index contributed by atoms with van der Waals surface area (Å²) in [6.45, 7) is 2.33. The summed E-state index contributed by atoms with van der Waals surface area (Å²) in [6.07, 6.45) is 4.14. The highest BCUT2D eigenvalue weighted by atomic mass is 32.1. The molecule has 1 saturated carbocycles. The predicted octanol–water partition coefficient (Wildman–Crippen LogP) is 2.73. The van der Waals surface area contributed by atoms with E-state index in [4.69, 9.17) is 0 Å². The average molecular weight is 268 g/mol. The van der Waals surface area contributed by atoms with Crippen LogP contribution in [0.4, 0.5) is 9.80 Å². The second-order valence-electron chi connectivity index (χ2n) is 4.86. The molecule has 0 aromatic carbocycles. The van der Waals surface area contributed by atoms with Gasteiger partial charge in [0.25, 0.3) is 0 Å².